The minimum Gasteiger partial charge on any atom is -0.484 e. The number of hydrogen-bond acceptors (Lipinski definition) is 4. The summed E-state index contributed by atoms with van der Waals surface area (Å²) in [4.78, 5) is 12.1. The van der Waals surface area contributed by atoms with Gasteiger partial charge in [-0.05, 0) is 85.0 Å². The van der Waals surface area contributed by atoms with Crippen molar-refractivity contribution >= 4 is 44.2 Å². The molecular formula is C17H19IN2O4S. The van der Waals surface area contributed by atoms with E-state index in [4.69, 9.17) is 4.74 Å². The van der Waals surface area contributed by atoms with E-state index in [1.807, 2.05) is 12.1 Å². The molecule has 0 aliphatic heterocycles. The van der Waals surface area contributed by atoms with Gasteiger partial charge < -0.3 is 10.1 Å². The smallest absolute Gasteiger partial charge is 0.262 e. The van der Waals surface area contributed by atoms with Crippen LogP contribution in [0, 0.1) is 3.57 Å². The zero-order valence-electron chi connectivity index (χ0n) is 13.8. The second kappa shape index (κ2) is 8.63. The molecule has 0 saturated carbocycles. The van der Waals surface area contributed by atoms with E-state index in [2.05, 4.69) is 32.6 Å². The van der Waals surface area contributed by atoms with E-state index in [0.717, 1.165) is 3.57 Å². The zero-order valence-corrected chi connectivity index (χ0v) is 16.8. The van der Waals surface area contributed by atoms with Gasteiger partial charge in [0, 0.05) is 15.3 Å². The van der Waals surface area contributed by atoms with Crippen LogP contribution in [-0.4, -0.2) is 27.0 Å². The van der Waals surface area contributed by atoms with Gasteiger partial charge in [0.15, 0.2) is 6.61 Å². The molecule has 0 bridgehead atoms. The number of sulfonamides is 1. The predicted octanol–water partition coefficient (Wildman–Crippen LogP) is 3.00. The van der Waals surface area contributed by atoms with Gasteiger partial charge in [0.2, 0.25) is 10.0 Å². The van der Waals surface area contributed by atoms with E-state index >= 15 is 0 Å². The maximum absolute atomic E-state index is 12.0. The Bertz CT molecular complexity index is 819. The second-order valence-electron chi connectivity index (χ2n) is 5.59. The summed E-state index contributed by atoms with van der Waals surface area (Å²) < 4.78 is 33.1. The quantitative estimate of drug-likeness (QED) is 0.605. The van der Waals surface area contributed by atoms with Crippen molar-refractivity contribution in [3.63, 3.8) is 0 Å². The summed E-state index contributed by atoms with van der Waals surface area (Å²) >= 11 is 2.19. The Morgan fingerprint density at radius 2 is 1.68 bits per heavy atom. The van der Waals surface area contributed by atoms with Crippen LogP contribution in [0.2, 0.25) is 0 Å². The number of benzene rings is 2. The SMILES string of the molecule is CC(C)NS(=O)(=O)c1ccc(NC(=O)COc2ccc(I)cc2)cc1. The number of carbonyl (C=O) groups is 1. The van der Waals surface area contributed by atoms with Crippen LogP contribution in [0.5, 0.6) is 5.75 Å². The van der Waals surface area contributed by atoms with Crippen LogP contribution in [0.1, 0.15) is 13.8 Å². The van der Waals surface area contributed by atoms with Crippen molar-refractivity contribution in [3.05, 3.63) is 52.1 Å². The number of carbonyl (C=O) groups excluding carboxylic acids is 1. The lowest BCUT2D eigenvalue weighted by Gasteiger charge is -2.11. The highest BCUT2D eigenvalue weighted by Gasteiger charge is 2.15. The lowest BCUT2D eigenvalue weighted by atomic mass is 10.3. The van der Waals surface area contributed by atoms with E-state index in [1.165, 1.54) is 24.3 Å². The molecule has 0 aliphatic rings. The molecule has 0 fully saturated rings. The van der Waals surface area contributed by atoms with E-state index in [0.29, 0.717) is 11.4 Å². The van der Waals surface area contributed by atoms with Gasteiger partial charge >= 0.3 is 0 Å². The molecule has 0 aliphatic carbocycles. The van der Waals surface area contributed by atoms with Crippen molar-refractivity contribution in [1.29, 1.82) is 0 Å². The van der Waals surface area contributed by atoms with Crippen molar-refractivity contribution in [1.82, 2.24) is 4.72 Å². The summed E-state index contributed by atoms with van der Waals surface area (Å²) in [6, 6.07) is 13.1. The molecule has 0 spiro atoms. The average molecular weight is 474 g/mol. The number of anilines is 1. The zero-order chi connectivity index (χ0) is 18.4. The van der Waals surface area contributed by atoms with Crippen LogP contribution in [0.15, 0.2) is 53.4 Å². The van der Waals surface area contributed by atoms with Crippen LogP contribution in [0.25, 0.3) is 0 Å². The standard InChI is InChI=1S/C17H19IN2O4S/c1-12(2)20-25(22,23)16-9-5-14(6-10-16)19-17(21)11-24-15-7-3-13(18)4-8-15/h3-10,12,20H,11H2,1-2H3,(H,19,21). The first-order valence-electron chi connectivity index (χ1n) is 7.57. The fourth-order valence-corrected chi connectivity index (χ4v) is 3.58. The molecule has 0 radical (unpaired) electrons. The average Bonchev–Trinajstić information content (AvgIpc) is 2.54. The third-order valence-corrected chi connectivity index (χ3v) is 5.42. The highest BCUT2D eigenvalue weighted by molar-refractivity contribution is 14.1. The molecule has 0 aromatic heterocycles. The first-order chi connectivity index (χ1) is 11.8. The Morgan fingerprint density at radius 1 is 1.08 bits per heavy atom. The minimum absolute atomic E-state index is 0.129. The number of halogens is 1. The van der Waals surface area contributed by atoms with Gasteiger partial charge in [0.25, 0.3) is 5.91 Å². The molecule has 0 atom stereocenters. The highest BCUT2D eigenvalue weighted by atomic mass is 127. The Balaban J connectivity index is 1.92. The third kappa shape index (κ3) is 6.29. The monoisotopic (exact) mass is 474 g/mol. The maximum atomic E-state index is 12.0. The maximum Gasteiger partial charge on any atom is 0.262 e. The summed E-state index contributed by atoms with van der Waals surface area (Å²) in [6.45, 7) is 3.37. The summed E-state index contributed by atoms with van der Waals surface area (Å²) in [5.74, 6) is 0.284. The van der Waals surface area contributed by atoms with Crippen LogP contribution in [-0.2, 0) is 14.8 Å². The first kappa shape index (κ1) is 19.7. The summed E-state index contributed by atoms with van der Waals surface area (Å²) in [7, 11) is -3.54. The Hall–Kier alpha value is -1.65. The topological polar surface area (TPSA) is 84.5 Å². The van der Waals surface area contributed by atoms with Crippen LogP contribution in [0.3, 0.4) is 0 Å². The van der Waals surface area contributed by atoms with Crippen molar-refractivity contribution in [3.8, 4) is 5.75 Å². The molecule has 2 aromatic rings. The number of ether oxygens (including phenoxy) is 1. The van der Waals surface area contributed by atoms with Crippen LogP contribution in [0.4, 0.5) is 5.69 Å². The fraction of sp³-hybridized carbons (Fsp3) is 0.235. The lowest BCUT2D eigenvalue weighted by molar-refractivity contribution is -0.118. The molecule has 25 heavy (non-hydrogen) atoms. The molecule has 0 unspecified atom stereocenters. The largest absolute Gasteiger partial charge is 0.484 e. The van der Waals surface area contributed by atoms with Gasteiger partial charge in [-0.3, -0.25) is 4.79 Å². The Labute approximate surface area is 161 Å². The van der Waals surface area contributed by atoms with Gasteiger partial charge in [-0.15, -0.1) is 0 Å². The molecule has 6 nitrogen and oxygen atoms in total. The van der Waals surface area contributed by atoms with E-state index in [1.54, 1.807) is 26.0 Å². The van der Waals surface area contributed by atoms with E-state index < -0.39 is 10.0 Å². The molecule has 2 rings (SSSR count). The lowest BCUT2D eigenvalue weighted by Crippen LogP contribution is -2.30. The molecule has 134 valence electrons. The highest BCUT2D eigenvalue weighted by Crippen LogP contribution is 2.15. The van der Waals surface area contributed by atoms with Gasteiger partial charge in [-0.1, -0.05) is 0 Å². The van der Waals surface area contributed by atoms with Gasteiger partial charge in [-0.2, -0.15) is 0 Å². The predicted molar refractivity (Wildman–Crippen MR) is 105 cm³/mol. The second-order valence-corrected chi connectivity index (χ2v) is 8.55. The van der Waals surface area contributed by atoms with Crippen molar-refractivity contribution in [2.75, 3.05) is 11.9 Å². The first-order valence-corrected chi connectivity index (χ1v) is 10.1. The van der Waals surface area contributed by atoms with Crippen molar-refractivity contribution < 1.29 is 17.9 Å². The fourth-order valence-electron chi connectivity index (χ4n) is 1.97. The number of rotatable bonds is 7. The van der Waals surface area contributed by atoms with Crippen LogP contribution >= 0.6 is 22.6 Å². The normalized spacial score (nSPS) is 11.4. The summed E-state index contributed by atoms with van der Waals surface area (Å²) in [5, 5.41) is 2.66. The molecule has 8 heteroatoms. The van der Waals surface area contributed by atoms with Crippen LogP contribution < -0.4 is 14.8 Å². The molecule has 1 amide bonds. The molecule has 2 aromatic carbocycles. The number of hydrogen-bond donors (Lipinski definition) is 2. The van der Waals surface area contributed by atoms with Gasteiger partial charge in [-0.25, -0.2) is 13.1 Å². The third-order valence-electron chi connectivity index (χ3n) is 3.02. The van der Waals surface area contributed by atoms with Crippen molar-refractivity contribution in [2.24, 2.45) is 0 Å². The van der Waals surface area contributed by atoms with Crippen molar-refractivity contribution in [2.45, 2.75) is 24.8 Å². The van der Waals surface area contributed by atoms with E-state index in [9.17, 15) is 13.2 Å². The Kier molecular flexibility index (Phi) is 6.79. The minimum atomic E-state index is -3.54. The number of amides is 1. The molecule has 2 N–H and O–H groups in total. The van der Waals surface area contributed by atoms with Gasteiger partial charge in [0.05, 0.1) is 4.90 Å². The Morgan fingerprint density at radius 3 is 2.24 bits per heavy atom. The summed E-state index contributed by atoms with van der Waals surface area (Å²) in [6.07, 6.45) is 0. The molecule has 0 saturated heterocycles. The molecule has 0 heterocycles. The molecular weight excluding hydrogens is 455 g/mol. The van der Waals surface area contributed by atoms with E-state index in [-0.39, 0.29) is 23.5 Å². The number of nitrogens with one attached hydrogen (secondary N) is 2. The van der Waals surface area contributed by atoms with Gasteiger partial charge in [0.1, 0.15) is 5.75 Å². The summed E-state index contributed by atoms with van der Waals surface area (Å²) in [5.41, 5.74) is 0.500.